The van der Waals surface area contributed by atoms with E-state index in [9.17, 15) is 4.79 Å². The summed E-state index contributed by atoms with van der Waals surface area (Å²) in [5.74, 6) is 0.722. The Kier molecular flexibility index (Phi) is 5.04. The van der Waals surface area contributed by atoms with E-state index in [0.717, 1.165) is 63.2 Å². The van der Waals surface area contributed by atoms with Gasteiger partial charge in [0.2, 0.25) is 0 Å². The maximum atomic E-state index is 13.1. The number of carbonyl (C=O) groups excluding carboxylic acids is 1. The van der Waals surface area contributed by atoms with Crippen molar-refractivity contribution in [3.8, 4) is 0 Å². The Morgan fingerprint density at radius 2 is 2.04 bits per heavy atom. The van der Waals surface area contributed by atoms with Crippen LogP contribution < -0.4 is 0 Å². The third-order valence-corrected chi connectivity index (χ3v) is 6.49. The second-order valence-corrected chi connectivity index (χ2v) is 8.60. The molecule has 0 atom stereocenters. The van der Waals surface area contributed by atoms with Crippen LogP contribution in [0.2, 0.25) is 0 Å². The Morgan fingerprint density at radius 3 is 2.68 bits per heavy atom. The van der Waals surface area contributed by atoms with Crippen molar-refractivity contribution in [3.63, 3.8) is 0 Å². The number of H-pyrrole nitrogens is 1. The van der Waals surface area contributed by atoms with Gasteiger partial charge in [-0.3, -0.25) is 14.4 Å². The number of piperidine rings is 1. The quantitative estimate of drug-likeness (QED) is 0.880. The zero-order chi connectivity index (χ0) is 19.9. The molecule has 152 valence electrons. The van der Waals surface area contributed by atoms with Crippen molar-refractivity contribution >= 4 is 5.91 Å². The Morgan fingerprint density at radius 1 is 1.29 bits per heavy atom. The molecule has 1 saturated heterocycles. The lowest BCUT2D eigenvalue weighted by atomic mass is 9.78. The first kappa shape index (κ1) is 19.2. The number of nitrogens with zero attached hydrogens (tertiary/aromatic N) is 5. The molecule has 28 heavy (non-hydrogen) atoms. The van der Waals surface area contributed by atoms with Gasteiger partial charge in [-0.15, -0.1) is 0 Å². The van der Waals surface area contributed by atoms with E-state index in [1.807, 2.05) is 29.8 Å². The van der Waals surface area contributed by atoms with Crippen LogP contribution in [0.3, 0.4) is 0 Å². The molecule has 7 nitrogen and oxygen atoms in total. The fraction of sp³-hybridized carbons (Fsp3) is 0.667. The van der Waals surface area contributed by atoms with Crippen molar-refractivity contribution < 1.29 is 4.79 Å². The predicted octanol–water partition coefficient (Wildman–Crippen LogP) is 2.58. The molecule has 1 fully saturated rings. The van der Waals surface area contributed by atoms with E-state index in [0.29, 0.717) is 5.92 Å². The van der Waals surface area contributed by atoms with Crippen LogP contribution >= 0.6 is 0 Å². The van der Waals surface area contributed by atoms with Crippen molar-refractivity contribution in [1.29, 1.82) is 0 Å². The number of hydrogen-bond acceptors (Lipinski definition) is 4. The van der Waals surface area contributed by atoms with Gasteiger partial charge in [0.25, 0.3) is 5.91 Å². The number of hydrogen-bond donors (Lipinski definition) is 1. The Hall–Kier alpha value is -2.15. The molecule has 1 N–H and O–H groups in total. The van der Waals surface area contributed by atoms with Crippen LogP contribution in [0.15, 0.2) is 12.5 Å². The summed E-state index contributed by atoms with van der Waals surface area (Å²) in [5.41, 5.74) is 4.14. The first-order valence-electron chi connectivity index (χ1n) is 10.6. The molecule has 7 heteroatoms. The molecule has 2 aliphatic rings. The SMILES string of the molecule is CCn1ncc(C(=O)N2CCC3(CC2)c2nc[nH]c2CCN3CC(C)C)c1C. The van der Waals surface area contributed by atoms with Gasteiger partial charge in [0, 0.05) is 50.5 Å². The number of rotatable bonds is 4. The molecule has 2 aliphatic heterocycles. The summed E-state index contributed by atoms with van der Waals surface area (Å²) in [7, 11) is 0. The van der Waals surface area contributed by atoms with E-state index in [1.165, 1.54) is 11.4 Å². The number of nitrogens with one attached hydrogen (secondary N) is 1. The topological polar surface area (TPSA) is 70.0 Å². The first-order chi connectivity index (χ1) is 13.5. The van der Waals surface area contributed by atoms with Crippen molar-refractivity contribution in [2.24, 2.45) is 5.92 Å². The Bertz CT molecular complexity index is 843. The standard InChI is InChI=1S/C21H32N6O/c1-5-27-16(4)17(12-24-27)20(28)25-10-7-21(8-11-25)19-18(22-14-23-19)6-9-26(21)13-15(2)3/h12,14-15H,5-11,13H2,1-4H3,(H,22,23). The molecule has 4 heterocycles. The van der Waals surface area contributed by atoms with Crippen LogP contribution in [-0.4, -0.2) is 61.6 Å². The van der Waals surface area contributed by atoms with Crippen molar-refractivity contribution in [1.82, 2.24) is 29.5 Å². The van der Waals surface area contributed by atoms with E-state index < -0.39 is 0 Å². The molecule has 0 bridgehead atoms. The molecule has 1 amide bonds. The third-order valence-electron chi connectivity index (χ3n) is 6.49. The number of aryl methyl sites for hydroxylation is 1. The van der Waals surface area contributed by atoms with Crippen LogP contribution in [-0.2, 0) is 18.5 Å². The molecule has 0 unspecified atom stereocenters. The van der Waals surface area contributed by atoms with Gasteiger partial charge < -0.3 is 9.88 Å². The maximum absolute atomic E-state index is 13.1. The van der Waals surface area contributed by atoms with Gasteiger partial charge in [-0.05, 0) is 32.6 Å². The summed E-state index contributed by atoms with van der Waals surface area (Å²) >= 11 is 0. The predicted molar refractivity (Wildman–Crippen MR) is 108 cm³/mol. The molecule has 1 spiro atoms. The average molecular weight is 385 g/mol. The molecule has 0 saturated carbocycles. The molecule has 2 aromatic heterocycles. The number of aromatic nitrogens is 4. The third kappa shape index (κ3) is 3.05. The minimum atomic E-state index is -0.0444. The highest BCUT2D eigenvalue weighted by atomic mass is 16.2. The van der Waals surface area contributed by atoms with Crippen LogP contribution in [0.5, 0.6) is 0 Å². The minimum Gasteiger partial charge on any atom is -0.348 e. The molecule has 4 rings (SSSR count). The lowest BCUT2D eigenvalue weighted by Crippen LogP contribution is -2.57. The first-order valence-corrected chi connectivity index (χ1v) is 10.6. The van der Waals surface area contributed by atoms with Gasteiger partial charge in [-0.1, -0.05) is 13.8 Å². The normalized spacial score (nSPS) is 19.4. The van der Waals surface area contributed by atoms with Crippen molar-refractivity contribution in [2.75, 3.05) is 26.2 Å². The van der Waals surface area contributed by atoms with E-state index >= 15 is 0 Å². The fourth-order valence-corrected chi connectivity index (χ4v) is 5.01. The smallest absolute Gasteiger partial charge is 0.257 e. The number of carbonyl (C=O) groups is 1. The van der Waals surface area contributed by atoms with E-state index in [4.69, 9.17) is 4.98 Å². The monoisotopic (exact) mass is 384 g/mol. The minimum absolute atomic E-state index is 0.0444. The highest BCUT2D eigenvalue weighted by Gasteiger charge is 2.47. The van der Waals surface area contributed by atoms with Crippen LogP contribution in [0.4, 0.5) is 0 Å². The van der Waals surface area contributed by atoms with Gasteiger partial charge in [0.15, 0.2) is 0 Å². The second kappa shape index (κ2) is 7.35. The highest BCUT2D eigenvalue weighted by Crippen LogP contribution is 2.42. The van der Waals surface area contributed by atoms with Gasteiger partial charge in [0.05, 0.1) is 29.3 Å². The summed E-state index contributed by atoms with van der Waals surface area (Å²) < 4.78 is 1.89. The summed E-state index contributed by atoms with van der Waals surface area (Å²) in [6.45, 7) is 13.0. The number of likely N-dealkylation sites (tertiary alicyclic amines) is 1. The number of fused-ring (bicyclic) bond motifs is 2. The lowest BCUT2D eigenvalue weighted by Gasteiger charge is -2.51. The zero-order valence-corrected chi connectivity index (χ0v) is 17.5. The van der Waals surface area contributed by atoms with E-state index in [-0.39, 0.29) is 11.4 Å². The molecular weight excluding hydrogens is 352 g/mol. The lowest BCUT2D eigenvalue weighted by molar-refractivity contribution is 0.000597. The molecular formula is C21H32N6O. The second-order valence-electron chi connectivity index (χ2n) is 8.60. The van der Waals surface area contributed by atoms with Crippen LogP contribution in [0.1, 0.15) is 61.1 Å². The maximum Gasteiger partial charge on any atom is 0.257 e. The molecule has 0 aliphatic carbocycles. The summed E-state index contributed by atoms with van der Waals surface area (Å²) in [6.07, 6.45) is 6.46. The van der Waals surface area contributed by atoms with Crippen LogP contribution in [0.25, 0.3) is 0 Å². The highest BCUT2D eigenvalue weighted by molar-refractivity contribution is 5.95. The zero-order valence-electron chi connectivity index (χ0n) is 17.5. The number of imidazole rings is 1. The fourth-order valence-electron chi connectivity index (χ4n) is 5.01. The summed E-state index contributed by atoms with van der Waals surface area (Å²) in [4.78, 5) is 25.8. The average Bonchev–Trinajstić information content (AvgIpc) is 3.31. The van der Waals surface area contributed by atoms with Crippen molar-refractivity contribution in [3.05, 3.63) is 35.2 Å². The largest absolute Gasteiger partial charge is 0.348 e. The summed E-state index contributed by atoms with van der Waals surface area (Å²) in [5, 5.41) is 4.35. The summed E-state index contributed by atoms with van der Waals surface area (Å²) in [6, 6.07) is 0. The van der Waals surface area contributed by atoms with E-state index in [2.05, 4.69) is 28.8 Å². The van der Waals surface area contributed by atoms with E-state index in [1.54, 1.807) is 6.20 Å². The number of amides is 1. The van der Waals surface area contributed by atoms with Gasteiger partial charge in [-0.2, -0.15) is 5.10 Å². The Labute approximate surface area is 167 Å². The van der Waals surface area contributed by atoms with Gasteiger partial charge in [-0.25, -0.2) is 4.98 Å². The van der Waals surface area contributed by atoms with Crippen LogP contribution in [0, 0.1) is 12.8 Å². The molecule has 2 aromatic rings. The Balaban J connectivity index is 1.56. The van der Waals surface area contributed by atoms with Gasteiger partial charge in [0.1, 0.15) is 0 Å². The number of aromatic amines is 1. The van der Waals surface area contributed by atoms with Gasteiger partial charge >= 0.3 is 0 Å². The molecule has 0 aromatic carbocycles. The molecule has 0 radical (unpaired) electrons. The van der Waals surface area contributed by atoms with Crippen molar-refractivity contribution in [2.45, 2.75) is 59.0 Å².